The third-order valence-corrected chi connectivity index (χ3v) is 2.86. The number of methoxy groups -OCH3 is 1. The van der Waals surface area contributed by atoms with Crippen LogP contribution in [0, 0.1) is 6.92 Å². The number of aryl methyl sites for hydroxylation is 1. The van der Waals surface area contributed by atoms with Crippen LogP contribution >= 0.6 is 0 Å². The summed E-state index contributed by atoms with van der Waals surface area (Å²) < 4.78 is 5.15. The van der Waals surface area contributed by atoms with Gasteiger partial charge in [-0.3, -0.25) is 4.79 Å². The van der Waals surface area contributed by atoms with E-state index in [2.05, 4.69) is 4.98 Å². The number of carboxylic acid groups (broad SMARTS) is 1. The Morgan fingerprint density at radius 2 is 2.05 bits per heavy atom. The van der Waals surface area contributed by atoms with Crippen LogP contribution in [0.5, 0.6) is 5.75 Å². The first-order chi connectivity index (χ1) is 9.02. The summed E-state index contributed by atoms with van der Waals surface area (Å²) >= 11 is 0. The van der Waals surface area contributed by atoms with E-state index in [0.717, 1.165) is 11.3 Å². The minimum atomic E-state index is -1.08. The first-order valence-electron chi connectivity index (χ1n) is 5.64. The Bertz CT molecular complexity index is 688. The fourth-order valence-electron chi connectivity index (χ4n) is 1.87. The van der Waals surface area contributed by atoms with Crippen LogP contribution in [0.1, 0.15) is 15.9 Å². The molecule has 5 heteroatoms. The van der Waals surface area contributed by atoms with Gasteiger partial charge >= 0.3 is 5.97 Å². The Balaban J connectivity index is 2.58. The van der Waals surface area contributed by atoms with E-state index in [0.29, 0.717) is 11.1 Å². The second-order valence-electron chi connectivity index (χ2n) is 4.12. The Kier molecular flexibility index (Phi) is 3.37. The Labute approximate surface area is 109 Å². The SMILES string of the molecule is COc1ccc(-c2cc(C(=O)O)c[nH]c2=O)cc1C. The van der Waals surface area contributed by atoms with Crippen molar-refractivity contribution in [2.75, 3.05) is 7.11 Å². The number of benzene rings is 1. The second-order valence-corrected chi connectivity index (χ2v) is 4.12. The summed E-state index contributed by atoms with van der Waals surface area (Å²) in [7, 11) is 1.57. The van der Waals surface area contributed by atoms with Crippen LogP contribution in [0.2, 0.25) is 0 Å². The van der Waals surface area contributed by atoms with Gasteiger partial charge in [0.25, 0.3) is 5.56 Å². The van der Waals surface area contributed by atoms with Crippen LogP contribution in [0.15, 0.2) is 35.3 Å². The molecule has 0 fully saturated rings. The number of hydrogen-bond acceptors (Lipinski definition) is 3. The summed E-state index contributed by atoms with van der Waals surface area (Å²) in [5.74, 6) is -0.364. The van der Waals surface area contributed by atoms with Gasteiger partial charge in [0.05, 0.1) is 12.7 Å². The van der Waals surface area contributed by atoms with E-state index >= 15 is 0 Å². The molecule has 0 aliphatic rings. The van der Waals surface area contributed by atoms with Gasteiger partial charge in [-0.2, -0.15) is 0 Å². The second kappa shape index (κ2) is 4.97. The molecule has 98 valence electrons. The molecule has 2 aromatic rings. The maximum Gasteiger partial charge on any atom is 0.337 e. The molecular weight excluding hydrogens is 246 g/mol. The summed E-state index contributed by atoms with van der Waals surface area (Å²) in [6.07, 6.45) is 1.19. The number of ether oxygens (including phenoxy) is 1. The zero-order chi connectivity index (χ0) is 14.0. The van der Waals surface area contributed by atoms with E-state index in [4.69, 9.17) is 9.84 Å². The van der Waals surface area contributed by atoms with Gasteiger partial charge in [-0.1, -0.05) is 6.07 Å². The molecular formula is C14H13NO4. The van der Waals surface area contributed by atoms with Crippen LogP contribution in [0.3, 0.4) is 0 Å². The lowest BCUT2D eigenvalue weighted by atomic mass is 10.0. The molecule has 0 saturated carbocycles. The van der Waals surface area contributed by atoms with Crippen LogP contribution in [-0.2, 0) is 0 Å². The van der Waals surface area contributed by atoms with Crippen LogP contribution in [0.25, 0.3) is 11.1 Å². The Hall–Kier alpha value is -2.56. The molecule has 2 rings (SSSR count). The number of aromatic carboxylic acids is 1. The molecule has 5 nitrogen and oxygen atoms in total. The molecule has 0 spiro atoms. The summed E-state index contributed by atoms with van der Waals surface area (Å²) in [6, 6.07) is 6.62. The number of pyridine rings is 1. The van der Waals surface area contributed by atoms with Crippen molar-refractivity contribution < 1.29 is 14.6 Å². The molecule has 0 atom stereocenters. The number of hydrogen-bond donors (Lipinski definition) is 2. The van der Waals surface area contributed by atoms with Crippen molar-refractivity contribution in [1.29, 1.82) is 0 Å². The van der Waals surface area contributed by atoms with Crippen molar-refractivity contribution in [2.24, 2.45) is 0 Å². The van der Waals surface area contributed by atoms with Crippen LogP contribution in [0.4, 0.5) is 0 Å². The van der Waals surface area contributed by atoms with Crippen molar-refractivity contribution in [3.63, 3.8) is 0 Å². The highest BCUT2D eigenvalue weighted by Crippen LogP contribution is 2.24. The van der Waals surface area contributed by atoms with E-state index in [1.54, 1.807) is 25.3 Å². The van der Waals surface area contributed by atoms with Crippen molar-refractivity contribution >= 4 is 5.97 Å². The normalized spacial score (nSPS) is 10.2. The lowest BCUT2D eigenvalue weighted by Crippen LogP contribution is -2.11. The van der Waals surface area contributed by atoms with Gasteiger partial charge in [0.15, 0.2) is 0 Å². The van der Waals surface area contributed by atoms with Crippen LogP contribution < -0.4 is 10.3 Å². The smallest absolute Gasteiger partial charge is 0.337 e. The molecule has 0 aliphatic heterocycles. The maximum absolute atomic E-state index is 11.8. The largest absolute Gasteiger partial charge is 0.496 e. The molecule has 19 heavy (non-hydrogen) atoms. The third-order valence-electron chi connectivity index (χ3n) is 2.86. The minimum absolute atomic E-state index is 0.0445. The summed E-state index contributed by atoms with van der Waals surface area (Å²) in [5, 5.41) is 8.94. The van der Waals surface area contributed by atoms with E-state index < -0.39 is 5.97 Å². The number of carbonyl (C=O) groups is 1. The third kappa shape index (κ3) is 2.49. The van der Waals surface area contributed by atoms with Crippen molar-refractivity contribution in [1.82, 2.24) is 4.98 Å². The number of rotatable bonds is 3. The summed E-state index contributed by atoms with van der Waals surface area (Å²) in [5.41, 5.74) is 1.58. The zero-order valence-electron chi connectivity index (χ0n) is 10.6. The average molecular weight is 259 g/mol. The number of aromatic nitrogens is 1. The van der Waals surface area contributed by atoms with Crippen molar-refractivity contribution in [2.45, 2.75) is 6.92 Å². The van der Waals surface area contributed by atoms with Crippen LogP contribution in [-0.4, -0.2) is 23.2 Å². The van der Waals surface area contributed by atoms with E-state index in [1.807, 2.05) is 6.92 Å². The van der Waals surface area contributed by atoms with Crippen molar-refractivity contribution in [3.05, 3.63) is 51.9 Å². The molecule has 0 aliphatic carbocycles. The Morgan fingerprint density at radius 3 is 2.63 bits per heavy atom. The van der Waals surface area contributed by atoms with Gasteiger partial charge in [0.2, 0.25) is 0 Å². The van der Waals surface area contributed by atoms with E-state index in [-0.39, 0.29) is 11.1 Å². The maximum atomic E-state index is 11.8. The van der Waals surface area contributed by atoms with E-state index in [9.17, 15) is 9.59 Å². The quantitative estimate of drug-likeness (QED) is 0.884. The molecule has 1 aromatic heterocycles. The van der Waals surface area contributed by atoms with E-state index in [1.165, 1.54) is 12.3 Å². The highest BCUT2D eigenvalue weighted by atomic mass is 16.5. The highest BCUT2D eigenvalue weighted by molar-refractivity contribution is 5.88. The van der Waals surface area contributed by atoms with Gasteiger partial charge in [0.1, 0.15) is 5.75 Å². The predicted molar refractivity (Wildman–Crippen MR) is 70.7 cm³/mol. The number of H-pyrrole nitrogens is 1. The van der Waals surface area contributed by atoms with Gasteiger partial charge < -0.3 is 14.8 Å². The summed E-state index contributed by atoms with van der Waals surface area (Å²) in [6.45, 7) is 1.86. The molecule has 1 heterocycles. The number of nitrogens with one attached hydrogen (secondary N) is 1. The Morgan fingerprint density at radius 1 is 1.32 bits per heavy atom. The standard InChI is InChI=1S/C14H13NO4/c1-8-5-9(3-4-12(8)19-2)11-6-10(14(17)18)7-15-13(11)16/h3-7H,1-2H3,(H,15,16)(H,17,18). The van der Waals surface area contributed by atoms with Gasteiger partial charge in [0, 0.05) is 11.8 Å². The highest BCUT2D eigenvalue weighted by Gasteiger charge is 2.10. The summed E-state index contributed by atoms with van der Waals surface area (Å²) in [4.78, 5) is 25.1. The lowest BCUT2D eigenvalue weighted by molar-refractivity contribution is 0.0696. The molecule has 1 aromatic carbocycles. The topological polar surface area (TPSA) is 79.4 Å². The lowest BCUT2D eigenvalue weighted by Gasteiger charge is -2.07. The molecule has 0 radical (unpaired) electrons. The zero-order valence-corrected chi connectivity index (χ0v) is 10.6. The number of aromatic amines is 1. The predicted octanol–water partition coefficient (Wildman–Crippen LogP) is 2.06. The minimum Gasteiger partial charge on any atom is -0.496 e. The molecule has 2 N–H and O–H groups in total. The van der Waals surface area contributed by atoms with Crippen molar-refractivity contribution in [3.8, 4) is 16.9 Å². The monoisotopic (exact) mass is 259 g/mol. The molecule has 0 unspecified atom stereocenters. The van der Waals surface area contributed by atoms with Gasteiger partial charge in [-0.25, -0.2) is 4.79 Å². The molecule has 0 amide bonds. The fraction of sp³-hybridized carbons (Fsp3) is 0.143. The molecule has 0 saturated heterocycles. The first-order valence-corrected chi connectivity index (χ1v) is 5.64. The first kappa shape index (κ1) is 12.9. The molecule has 0 bridgehead atoms. The number of carboxylic acids is 1. The van der Waals surface area contributed by atoms with Gasteiger partial charge in [-0.15, -0.1) is 0 Å². The fourth-order valence-corrected chi connectivity index (χ4v) is 1.87. The van der Waals surface area contributed by atoms with Gasteiger partial charge in [-0.05, 0) is 36.2 Å². The average Bonchev–Trinajstić information content (AvgIpc) is 2.38.